The lowest BCUT2D eigenvalue weighted by molar-refractivity contribution is -0.104. The normalized spacial score (nSPS) is 11.6. The molecule has 0 radical (unpaired) electrons. The number of aldehydes is 1. The minimum atomic E-state index is 0.858. The van der Waals surface area contributed by atoms with Crippen LogP contribution in [-0.2, 0) is 4.79 Å². The maximum Gasteiger partial charge on any atom is 0.142 e. The van der Waals surface area contributed by atoms with Crippen molar-refractivity contribution in [2.75, 3.05) is 0 Å². The molecule has 0 aromatic rings. The largest absolute Gasteiger partial charge is 0.299 e. The van der Waals surface area contributed by atoms with E-state index in [9.17, 15) is 4.79 Å². The standard InChI is InChI=1S/C18H32O/c1-2-3-4-5-6-7-8-9-10-11-12-13-14-15-16-17-18-19/h5-6,16-18H,2-4,7-15H2,1H3/b6-5+,17-16-. The number of hydrogen-bond donors (Lipinski definition) is 0. The summed E-state index contributed by atoms with van der Waals surface area (Å²) in [5.74, 6) is 0. The summed E-state index contributed by atoms with van der Waals surface area (Å²) in [6, 6.07) is 0. The molecule has 19 heavy (non-hydrogen) atoms. The Hall–Kier alpha value is -0.850. The first-order chi connectivity index (χ1) is 9.41. The molecule has 0 aliphatic rings. The Morgan fingerprint density at radius 1 is 0.632 bits per heavy atom. The SMILES string of the molecule is CCCC/C=C/CCCCCCCCC/C=C\C=O. The van der Waals surface area contributed by atoms with Gasteiger partial charge < -0.3 is 0 Å². The predicted octanol–water partition coefficient (Wildman–Crippen LogP) is 6.00. The maximum atomic E-state index is 10.0. The van der Waals surface area contributed by atoms with E-state index in [0.29, 0.717) is 0 Å². The van der Waals surface area contributed by atoms with Crippen LogP contribution in [0.25, 0.3) is 0 Å². The smallest absolute Gasteiger partial charge is 0.142 e. The fraction of sp³-hybridized carbons (Fsp3) is 0.722. The first-order valence-electron chi connectivity index (χ1n) is 8.17. The molecule has 1 nitrogen and oxygen atoms in total. The Morgan fingerprint density at radius 2 is 1.11 bits per heavy atom. The molecule has 0 fully saturated rings. The fourth-order valence-electron chi connectivity index (χ4n) is 2.12. The molecule has 0 amide bonds. The Morgan fingerprint density at radius 3 is 1.63 bits per heavy atom. The molecule has 0 aliphatic carbocycles. The highest BCUT2D eigenvalue weighted by Gasteiger charge is 1.90. The Balaban J connectivity index is 3.04. The summed E-state index contributed by atoms with van der Waals surface area (Å²) in [5.41, 5.74) is 0. The van der Waals surface area contributed by atoms with Crippen molar-refractivity contribution >= 4 is 6.29 Å². The second-order valence-corrected chi connectivity index (χ2v) is 5.23. The van der Waals surface area contributed by atoms with E-state index in [1.807, 2.05) is 6.08 Å². The van der Waals surface area contributed by atoms with Crippen molar-refractivity contribution in [2.24, 2.45) is 0 Å². The summed E-state index contributed by atoms with van der Waals surface area (Å²) in [5, 5.41) is 0. The molecule has 0 atom stereocenters. The van der Waals surface area contributed by atoms with Crippen molar-refractivity contribution in [3.63, 3.8) is 0 Å². The van der Waals surface area contributed by atoms with Gasteiger partial charge in [0.15, 0.2) is 0 Å². The minimum Gasteiger partial charge on any atom is -0.299 e. The van der Waals surface area contributed by atoms with Crippen LogP contribution < -0.4 is 0 Å². The van der Waals surface area contributed by atoms with Crippen LogP contribution >= 0.6 is 0 Å². The van der Waals surface area contributed by atoms with E-state index in [1.54, 1.807) is 6.08 Å². The van der Waals surface area contributed by atoms with Gasteiger partial charge in [-0.15, -0.1) is 0 Å². The van der Waals surface area contributed by atoms with Gasteiger partial charge in [0.1, 0.15) is 6.29 Å². The topological polar surface area (TPSA) is 17.1 Å². The molecule has 0 aromatic carbocycles. The highest BCUT2D eigenvalue weighted by atomic mass is 16.1. The third-order valence-corrected chi connectivity index (χ3v) is 3.35. The number of carbonyl (C=O) groups excluding carboxylic acids is 1. The van der Waals surface area contributed by atoms with Gasteiger partial charge in [0.2, 0.25) is 0 Å². The van der Waals surface area contributed by atoms with Crippen LogP contribution in [0.1, 0.15) is 84.0 Å². The fourth-order valence-corrected chi connectivity index (χ4v) is 2.12. The molecular formula is C18H32O. The number of carbonyl (C=O) groups is 1. The summed E-state index contributed by atoms with van der Waals surface area (Å²) in [4.78, 5) is 10.0. The molecule has 0 unspecified atom stereocenters. The lowest BCUT2D eigenvalue weighted by Gasteiger charge is -2.00. The van der Waals surface area contributed by atoms with E-state index in [1.165, 1.54) is 70.6 Å². The summed E-state index contributed by atoms with van der Waals surface area (Å²) < 4.78 is 0. The van der Waals surface area contributed by atoms with Gasteiger partial charge in [0.25, 0.3) is 0 Å². The van der Waals surface area contributed by atoms with Crippen molar-refractivity contribution in [3.8, 4) is 0 Å². The summed E-state index contributed by atoms with van der Waals surface area (Å²) in [6.45, 7) is 2.24. The third kappa shape index (κ3) is 17.1. The first-order valence-corrected chi connectivity index (χ1v) is 8.17. The minimum absolute atomic E-state index is 0.858. The second kappa shape index (κ2) is 17.2. The molecule has 0 saturated carbocycles. The molecule has 0 rings (SSSR count). The highest BCUT2D eigenvalue weighted by Crippen LogP contribution is 2.10. The molecule has 0 bridgehead atoms. The summed E-state index contributed by atoms with van der Waals surface area (Å²) in [6.07, 6.45) is 24.7. The van der Waals surface area contributed by atoms with Gasteiger partial charge in [0, 0.05) is 0 Å². The Bertz CT molecular complexity index is 228. The van der Waals surface area contributed by atoms with Crippen LogP contribution in [0, 0.1) is 0 Å². The van der Waals surface area contributed by atoms with Crippen LogP contribution in [0.15, 0.2) is 24.3 Å². The lowest BCUT2D eigenvalue weighted by atomic mass is 10.1. The van der Waals surface area contributed by atoms with E-state index in [0.717, 1.165) is 12.7 Å². The van der Waals surface area contributed by atoms with Gasteiger partial charge in [-0.05, 0) is 38.2 Å². The molecule has 0 saturated heterocycles. The van der Waals surface area contributed by atoms with Crippen LogP contribution in [0.4, 0.5) is 0 Å². The summed E-state index contributed by atoms with van der Waals surface area (Å²) >= 11 is 0. The van der Waals surface area contributed by atoms with Gasteiger partial charge in [-0.1, -0.05) is 70.1 Å². The number of allylic oxidation sites excluding steroid dienone is 4. The van der Waals surface area contributed by atoms with Gasteiger partial charge in [0.05, 0.1) is 0 Å². The van der Waals surface area contributed by atoms with Crippen LogP contribution in [0.2, 0.25) is 0 Å². The number of rotatable bonds is 14. The molecule has 1 heteroatoms. The van der Waals surface area contributed by atoms with E-state index in [4.69, 9.17) is 0 Å². The van der Waals surface area contributed by atoms with Crippen LogP contribution in [-0.4, -0.2) is 6.29 Å². The third-order valence-electron chi connectivity index (χ3n) is 3.35. The van der Waals surface area contributed by atoms with Gasteiger partial charge in [-0.3, -0.25) is 4.79 Å². The molecule has 0 spiro atoms. The average Bonchev–Trinajstić information content (AvgIpc) is 2.43. The number of unbranched alkanes of at least 4 members (excludes halogenated alkanes) is 10. The summed E-state index contributed by atoms with van der Waals surface area (Å²) in [7, 11) is 0. The van der Waals surface area contributed by atoms with Crippen molar-refractivity contribution in [2.45, 2.75) is 84.0 Å². The zero-order chi connectivity index (χ0) is 14.0. The maximum absolute atomic E-state index is 10.0. The zero-order valence-electron chi connectivity index (χ0n) is 12.8. The van der Waals surface area contributed by atoms with Crippen molar-refractivity contribution in [1.29, 1.82) is 0 Å². The lowest BCUT2D eigenvalue weighted by Crippen LogP contribution is -1.80. The predicted molar refractivity (Wildman–Crippen MR) is 85.4 cm³/mol. The molecule has 0 heterocycles. The van der Waals surface area contributed by atoms with Gasteiger partial charge >= 0.3 is 0 Å². The number of hydrogen-bond acceptors (Lipinski definition) is 1. The van der Waals surface area contributed by atoms with Crippen LogP contribution in [0.5, 0.6) is 0 Å². The van der Waals surface area contributed by atoms with Crippen molar-refractivity contribution < 1.29 is 4.79 Å². The highest BCUT2D eigenvalue weighted by molar-refractivity contribution is 5.64. The molecule has 0 aromatic heterocycles. The van der Waals surface area contributed by atoms with Gasteiger partial charge in [-0.25, -0.2) is 0 Å². The van der Waals surface area contributed by atoms with Crippen molar-refractivity contribution in [3.05, 3.63) is 24.3 Å². The first kappa shape index (κ1) is 18.1. The average molecular weight is 264 g/mol. The van der Waals surface area contributed by atoms with E-state index >= 15 is 0 Å². The monoisotopic (exact) mass is 264 g/mol. The molecule has 110 valence electrons. The quantitative estimate of drug-likeness (QED) is 0.163. The van der Waals surface area contributed by atoms with Gasteiger partial charge in [-0.2, -0.15) is 0 Å². The molecule has 0 aliphatic heterocycles. The van der Waals surface area contributed by atoms with Crippen molar-refractivity contribution in [1.82, 2.24) is 0 Å². The van der Waals surface area contributed by atoms with Crippen LogP contribution in [0.3, 0.4) is 0 Å². The van der Waals surface area contributed by atoms with E-state index in [-0.39, 0.29) is 0 Å². The Labute approximate surface area is 120 Å². The molecular weight excluding hydrogens is 232 g/mol. The Kier molecular flexibility index (Phi) is 16.4. The van der Waals surface area contributed by atoms with E-state index in [2.05, 4.69) is 19.1 Å². The second-order valence-electron chi connectivity index (χ2n) is 5.23. The van der Waals surface area contributed by atoms with E-state index < -0.39 is 0 Å². The zero-order valence-corrected chi connectivity index (χ0v) is 12.8. The molecule has 0 N–H and O–H groups in total.